The Morgan fingerprint density at radius 3 is 2.73 bits per heavy atom. The van der Waals surface area contributed by atoms with Crippen LogP contribution in [0.2, 0.25) is 0 Å². The van der Waals surface area contributed by atoms with Crippen LogP contribution in [0.5, 0.6) is 17.2 Å². The molecule has 1 aromatic carbocycles. The molecule has 1 fully saturated rings. The summed E-state index contributed by atoms with van der Waals surface area (Å²) in [5.74, 6) is 1.55. The second kappa shape index (κ2) is 8.15. The number of sulfonamides is 1. The van der Waals surface area contributed by atoms with Crippen LogP contribution in [0.3, 0.4) is 0 Å². The van der Waals surface area contributed by atoms with Crippen molar-refractivity contribution in [3.05, 3.63) is 30.6 Å². The van der Waals surface area contributed by atoms with Gasteiger partial charge in [-0.2, -0.15) is 9.40 Å². The monoisotopic (exact) mass is 436 g/mol. The van der Waals surface area contributed by atoms with Crippen molar-refractivity contribution in [1.29, 1.82) is 0 Å². The number of hydrogen-bond donors (Lipinski definition) is 0. The number of hydrogen-bond acceptors (Lipinski definition) is 7. The van der Waals surface area contributed by atoms with E-state index >= 15 is 0 Å². The molecule has 3 heterocycles. The molecule has 11 heteroatoms. The molecule has 0 aliphatic carbocycles. The first-order valence-corrected chi connectivity index (χ1v) is 11.1. The predicted octanol–water partition coefficient (Wildman–Crippen LogP) is 0.839. The highest BCUT2D eigenvalue weighted by Crippen LogP contribution is 2.35. The summed E-state index contributed by atoms with van der Waals surface area (Å²) in [6.07, 6.45) is 2.64. The van der Waals surface area contributed by atoms with Crippen LogP contribution in [0, 0.1) is 0 Å². The van der Waals surface area contributed by atoms with Gasteiger partial charge in [0.15, 0.2) is 17.6 Å². The molecular weight excluding hydrogens is 412 g/mol. The lowest BCUT2D eigenvalue weighted by Crippen LogP contribution is -2.43. The van der Waals surface area contributed by atoms with Crippen molar-refractivity contribution in [2.24, 2.45) is 7.05 Å². The largest absolute Gasteiger partial charge is 0.481 e. The van der Waals surface area contributed by atoms with Crippen LogP contribution >= 0.6 is 0 Å². The van der Waals surface area contributed by atoms with Crippen molar-refractivity contribution in [2.75, 3.05) is 33.0 Å². The molecule has 0 spiro atoms. The summed E-state index contributed by atoms with van der Waals surface area (Å²) in [5, 5.41) is 3.94. The van der Waals surface area contributed by atoms with E-state index in [4.69, 9.17) is 14.2 Å². The van der Waals surface area contributed by atoms with Crippen molar-refractivity contribution in [1.82, 2.24) is 19.0 Å². The molecule has 0 radical (unpaired) electrons. The zero-order chi connectivity index (χ0) is 21.3. The third-order valence-corrected chi connectivity index (χ3v) is 6.94. The van der Waals surface area contributed by atoms with Crippen LogP contribution in [0.15, 0.2) is 35.5 Å². The van der Waals surface area contributed by atoms with Crippen LogP contribution in [0.4, 0.5) is 0 Å². The fraction of sp³-hybridized carbons (Fsp3) is 0.474. The number of fused-ring (bicyclic) bond motifs is 1. The Bertz CT molecular complexity index is 1040. The molecule has 30 heavy (non-hydrogen) atoms. The summed E-state index contributed by atoms with van der Waals surface area (Å²) >= 11 is 0. The minimum atomic E-state index is -3.63. The quantitative estimate of drug-likeness (QED) is 0.684. The number of aromatic nitrogens is 2. The summed E-state index contributed by atoms with van der Waals surface area (Å²) in [6, 6.07) is 5.15. The normalized spacial score (nSPS) is 18.1. The molecule has 4 rings (SSSR count). The molecule has 1 aromatic heterocycles. The first-order valence-electron chi connectivity index (χ1n) is 9.68. The number of rotatable bonds is 5. The summed E-state index contributed by atoms with van der Waals surface area (Å²) in [7, 11) is -1.96. The third kappa shape index (κ3) is 4.08. The van der Waals surface area contributed by atoms with Gasteiger partial charge in [0.25, 0.3) is 5.91 Å². The Kier molecular flexibility index (Phi) is 5.56. The van der Waals surface area contributed by atoms with Gasteiger partial charge in [-0.05, 0) is 25.5 Å². The maximum atomic E-state index is 12.9. The fourth-order valence-electron chi connectivity index (χ4n) is 3.50. The fourth-order valence-corrected chi connectivity index (χ4v) is 4.95. The average molecular weight is 436 g/mol. The first kappa shape index (κ1) is 20.5. The van der Waals surface area contributed by atoms with Crippen molar-refractivity contribution in [3.8, 4) is 17.2 Å². The van der Waals surface area contributed by atoms with Crippen molar-refractivity contribution < 1.29 is 27.4 Å². The minimum Gasteiger partial charge on any atom is -0.481 e. The standard InChI is InChI=1S/C19H24N4O6S/c1-14(29-15-4-5-17-18(10-15)28-13-27-17)19(24)22-6-3-7-23(9-8-22)30(25,26)16-11-20-21(2)12-16/h4-5,10-12,14H,3,6-9,13H2,1-2H3. The van der Waals surface area contributed by atoms with Gasteiger partial charge in [-0.3, -0.25) is 9.48 Å². The lowest BCUT2D eigenvalue weighted by molar-refractivity contribution is -0.137. The van der Waals surface area contributed by atoms with Crippen LogP contribution < -0.4 is 14.2 Å². The highest BCUT2D eigenvalue weighted by atomic mass is 32.2. The van der Waals surface area contributed by atoms with E-state index in [1.54, 1.807) is 37.1 Å². The third-order valence-electron chi connectivity index (χ3n) is 5.09. The molecule has 2 aliphatic rings. The lowest BCUT2D eigenvalue weighted by atomic mass is 10.2. The van der Waals surface area contributed by atoms with E-state index in [0.717, 1.165) is 0 Å². The van der Waals surface area contributed by atoms with E-state index in [-0.39, 0.29) is 24.1 Å². The van der Waals surface area contributed by atoms with Crippen LogP contribution in [0.1, 0.15) is 13.3 Å². The Labute approximate surface area is 175 Å². The second-order valence-electron chi connectivity index (χ2n) is 7.21. The van der Waals surface area contributed by atoms with E-state index < -0.39 is 16.1 Å². The van der Waals surface area contributed by atoms with E-state index in [1.165, 1.54) is 21.4 Å². The maximum absolute atomic E-state index is 12.9. The minimum absolute atomic E-state index is 0.157. The van der Waals surface area contributed by atoms with Gasteiger partial charge >= 0.3 is 0 Å². The van der Waals surface area contributed by atoms with Gasteiger partial charge in [0.05, 0.1) is 6.20 Å². The average Bonchev–Trinajstić information content (AvgIpc) is 3.29. The summed E-state index contributed by atoms with van der Waals surface area (Å²) < 4.78 is 44.9. The predicted molar refractivity (Wildman–Crippen MR) is 106 cm³/mol. The zero-order valence-electron chi connectivity index (χ0n) is 16.9. The number of carbonyl (C=O) groups is 1. The number of nitrogens with zero attached hydrogens (tertiary/aromatic N) is 4. The Morgan fingerprint density at radius 2 is 1.97 bits per heavy atom. The summed E-state index contributed by atoms with van der Waals surface area (Å²) in [6.45, 7) is 3.18. The molecule has 1 unspecified atom stereocenters. The highest BCUT2D eigenvalue weighted by Gasteiger charge is 2.31. The molecule has 0 N–H and O–H groups in total. The van der Waals surface area contributed by atoms with Crippen LogP contribution in [-0.2, 0) is 21.9 Å². The molecule has 0 saturated carbocycles. The van der Waals surface area contributed by atoms with Gasteiger partial charge in [0.1, 0.15) is 10.6 Å². The van der Waals surface area contributed by atoms with Crippen LogP contribution in [-0.4, -0.2) is 72.4 Å². The molecule has 162 valence electrons. The van der Waals surface area contributed by atoms with Crippen molar-refractivity contribution in [2.45, 2.75) is 24.3 Å². The Hall–Kier alpha value is -2.79. The second-order valence-corrected chi connectivity index (χ2v) is 9.15. The smallest absolute Gasteiger partial charge is 0.263 e. The first-order chi connectivity index (χ1) is 14.3. The molecular formula is C19H24N4O6S. The molecule has 1 amide bonds. The number of amides is 1. The molecule has 10 nitrogen and oxygen atoms in total. The van der Waals surface area contributed by atoms with Gasteiger partial charge in [0.2, 0.25) is 16.8 Å². The molecule has 2 aromatic rings. The highest BCUT2D eigenvalue weighted by molar-refractivity contribution is 7.89. The Balaban J connectivity index is 1.38. The van der Waals surface area contributed by atoms with Gasteiger partial charge < -0.3 is 19.1 Å². The Morgan fingerprint density at radius 1 is 1.17 bits per heavy atom. The van der Waals surface area contributed by atoms with Gasteiger partial charge in [-0.15, -0.1) is 0 Å². The molecule has 0 bridgehead atoms. The van der Waals surface area contributed by atoms with Gasteiger partial charge in [-0.25, -0.2) is 8.42 Å². The number of benzene rings is 1. The lowest BCUT2D eigenvalue weighted by Gasteiger charge is -2.25. The summed E-state index contributed by atoms with van der Waals surface area (Å²) in [5.41, 5.74) is 0. The van der Waals surface area contributed by atoms with E-state index in [9.17, 15) is 13.2 Å². The topological polar surface area (TPSA) is 103 Å². The van der Waals surface area contributed by atoms with Crippen molar-refractivity contribution in [3.63, 3.8) is 0 Å². The number of ether oxygens (including phenoxy) is 3. The number of carbonyl (C=O) groups excluding carboxylic acids is 1. The van der Waals surface area contributed by atoms with E-state index in [2.05, 4.69) is 5.10 Å². The number of aryl methyl sites for hydroxylation is 1. The SMILES string of the molecule is CC(Oc1ccc2c(c1)OCO2)C(=O)N1CCCN(S(=O)(=O)c2cnn(C)c2)CC1. The van der Waals surface area contributed by atoms with Crippen molar-refractivity contribution >= 4 is 15.9 Å². The molecule has 2 aliphatic heterocycles. The zero-order valence-corrected chi connectivity index (χ0v) is 17.7. The maximum Gasteiger partial charge on any atom is 0.263 e. The van der Waals surface area contributed by atoms with Gasteiger partial charge in [0, 0.05) is 45.5 Å². The molecule has 1 atom stereocenters. The van der Waals surface area contributed by atoms with E-state index in [1.807, 2.05) is 0 Å². The van der Waals surface area contributed by atoms with Crippen LogP contribution in [0.25, 0.3) is 0 Å². The van der Waals surface area contributed by atoms with E-state index in [0.29, 0.717) is 43.3 Å². The van der Waals surface area contributed by atoms with Gasteiger partial charge in [-0.1, -0.05) is 0 Å². The summed E-state index contributed by atoms with van der Waals surface area (Å²) in [4.78, 5) is 14.7. The molecule has 1 saturated heterocycles.